The Morgan fingerprint density at radius 1 is 1.12 bits per heavy atom. The molecule has 6 atom stereocenters. The van der Waals surface area contributed by atoms with E-state index in [-0.39, 0.29) is 23.5 Å². The smallest absolute Gasteiger partial charge is 0.390 e. The first kappa shape index (κ1) is 25.1. The molecule has 1 aliphatic carbocycles. The van der Waals surface area contributed by atoms with Crippen LogP contribution in [0.15, 0.2) is 11.1 Å². The molecule has 1 fully saturated rings. The molecular weight excluding hydrogens is 503 g/mol. The molecular formula is C11H18N5O13P3. The summed E-state index contributed by atoms with van der Waals surface area (Å²) < 4.78 is 46.8. The Morgan fingerprint density at radius 3 is 2.41 bits per heavy atom. The number of aromatic nitrogens is 4. The minimum Gasteiger partial charge on any atom is -0.390 e. The van der Waals surface area contributed by atoms with Gasteiger partial charge in [-0.15, -0.1) is 0 Å². The average molecular weight is 521 g/mol. The third-order valence-corrected chi connectivity index (χ3v) is 8.25. The number of nitrogens with zero attached hydrogens (tertiary/aromatic N) is 3. The summed E-state index contributed by atoms with van der Waals surface area (Å²) in [6, 6.07) is -0.918. The van der Waals surface area contributed by atoms with E-state index in [1.165, 1.54) is 10.9 Å². The number of fused-ring (bicyclic) bond motifs is 1. The number of aliphatic hydroxyl groups excluding tert-OH is 2. The van der Waals surface area contributed by atoms with Crippen molar-refractivity contribution in [1.29, 1.82) is 0 Å². The number of aromatic amines is 1. The third kappa shape index (κ3) is 5.69. The Hall–Kier alpha value is -1.52. The predicted molar refractivity (Wildman–Crippen MR) is 102 cm³/mol. The van der Waals surface area contributed by atoms with Gasteiger partial charge in [-0.1, -0.05) is 0 Å². The number of nitrogens with two attached hydrogens (primary N) is 1. The summed E-state index contributed by atoms with van der Waals surface area (Å²) in [7, 11) is -16.6. The van der Waals surface area contributed by atoms with Crippen molar-refractivity contribution in [3.05, 3.63) is 16.7 Å². The number of phosphoric ester groups is 1. The number of hydrogen-bond donors (Lipinski definition) is 8. The van der Waals surface area contributed by atoms with Crippen LogP contribution >= 0.6 is 23.5 Å². The van der Waals surface area contributed by atoms with E-state index < -0.39 is 59.8 Å². The second-order valence-corrected chi connectivity index (χ2v) is 11.1. The van der Waals surface area contributed by atoms with E-state index in [0.29, 0.717) is 0 Å². The van der Waals surface area contributed by atoms with Gasteiger partial charge >= 0.3 is 23.5 Å². The topological polar surface area (TPSA) is 290 Å². The predicted octanol–water partition coefficient (Wildman–Crippen LogP) is -1.67. The lowest BCUT2D eigenvalue weighted by Gasteiger charge is -2.19. The summed E-state index contributed by atoms with van der Waals surface area (Å²) in [5.41, 5.74) is 4.80. The van der Waals surface area contributed by atoms with Crippen LogP contribution in [0.1, 0.15) is 12.5 Å². The van der Waals surface area contributed by atoms with Gasteiger partial charge in [0.05, 0.1) is 25.1 Å². The molecule has 180 valence electrons. The van der Waals surface area contributed by atoms with E-state index in [4.69, 9.17) is 20.4 Å². The fraction of sp³-hybridized carbons (Fsp3) is 0.545. The van der Waals surface area contributed by atoms with E-state index in [9.17, 15) is 33.6 Å². The first-order valence-corrected chi connectivity index (χ1v) is 13.0. The van der Waals surface area contributed by atoms with Crippen molar-refractivity contribution in [1.82, 2.24) is 19.5 Å². The summed E-state index contributed by atoms with van der Waals surface area (Å²) in [5.74, 6) is -1.25. The van der Waals surface area contributed by atoms with E-state index in [2.05, 4.69) is 28.1 Å². The quantitative estimate of drug-likeness (QED) is 0.180. The van der Waals surface area contributed by atoms with E-state index in [1.54, 1.807) is 0 Å². The van der Waals surface area contributed by atoms with Crippen molar-refractivity contribution < 1.29 is 56.6 Å². The van der Waals surface area contributed by atoms with Crippen molar-refractivity contribution in [2.45, 2.75) is 24.7 Å². The molecule has 9 N–H and O–H groups in total. The highest BCUT2D eigenvalue weighted by molar-refractivity contribution is 7.66. The maximum Gasteiger partial charge on any atom is 0.490 e. The number of nitrogens with one attached hydrogen (secondary N) is 1. The van der Waals surface area contributed by atoms with Crippen LogP contribution in [0.25, 0.3) is 11.2 Å². The number of nitrogen functional groups attached to an aromatic ring is 1. The van der Waals surface area contributed by atoms with Crippen LogP contribution in [0.5, 0.6) is 0 Å². The fourth-order valence-corrected chi connectivity index (χ4v) is 6.29. The molecule has 21 heteroatoms. The van der Waals surface area contributed by atoms with Crippen LogP contribution < -0.4 is 11.3 Å². The molecule has 0 aliphatic heterocycles. The molecule has 0 spiro atoms. The standard InChI is InChI=1S/C11H18N5O13P3/c12-11-14-9-6(10(19)15-11)13-3-16(9)5-1-4(7(17)8(5)18)2-27-31(23,24)29-32(25,26)28-30(20,21)22/h3-5,7-8,17-18H,1-2H2,(H,23,24)(H,25,26)(H2,20,21,22)(H3,12,14,15,19)/t4-,5-,7-,8+/m0/s1. The summed E-state index contributed by atoms with van der Waals surface area (Å²) in [6.45, 7) is -0.790. The van der Waals surface area contributed by atoms with Gasteiger partial charge in [-0.3, -0.25) is 14.3 Å². The summed E-state index contributed by atoms with van der Waals surface area (Å²) in [5, 5.41) is 20.7. The van der Waals surface area contributed by atoms with Crippen LogP contribution in [-0.4, -0.2) is 68.1 Å². The molecule has 2 aromatic rings. The lowest BCUT2D eigenvalue weighted by atomic mass is 10.1. The van der Waals surface area contributed by atoms with Crippen molar-refractivity contribution in [2.75, 3.05) is 12.3 Å². The number of H-pyrrole nitrogens is 1. The summed E-state index contributed by atoms with van der Waals surface area (Å²) in [4.78, 5) is 57.7. The van der Waals surface area contributed by atoms with Crippen molar-refractivity contribution in [3.63, 3.8) is 0 Å². The average Bonchev–Trinajstić information content (AvgIpc) is 3.12. The molecule has 0 radical (unpaired) electrons. The molecule has 32 heavy (non-hydrogen) atoms. The first-order chi connectivity index (χ1) is 14.6. The van der Waals surface area contributed by atoms with Gasteiger partial charge < -0.3 is 40.1 Å². The third-order valence-electron chi connectivity index (χ3n) is 4.45. The maximum absolute atomic E-state index is 11.9. The van der Waals surface area contributed by atoms with Gasteiger partial charge in [0.25, 0.3) is 5.56 Å². The Labute approximate surface area is 177 Å². The van der Waals surface area contributed by atoms with Crippen LogP contribution in [0.3, 0.4) is 0 Å². The minimum absolute atomic E-state index is 0.0102. The normalized spacial score (nSPS) is 27.9. The monoisotopic (exact) mass is 521 g/mol. The van der Waals surface area contributed by atoms with Crippen LogP contribution in [0.2, 0.25) is 0 Å². The number of anilines is 1. The van der Waals surface area contributed by atoms with Gasteiger partial charge in [0.1, 0.15) is 6.10 Å². The maximum atomic E-state index is 11.9. The highest BCUT2D eigenvalue weighted by Gasteiger charge is 2.46. The highest BCUT2D eigenvalue weighted by atomic mass is 31.3. The Bertz CT molecular complexity index is 1210. The molecule has 2 unspecified atom stereocenters. The van der Waals surface area contributed by atoms with Crippen molar-refractivity contribution >= 4 is 40.6 Å². The van der Waals surface area contributed by atoms with Gasteiger partial charge in [-0.2, -0.15) is 13.6 Å². The van der Waals surface area contributed by atoms with Gasteiger partial charge in [0.15, 0.2) is 11.2 Å². The molecule has 0 aromatic carbocycles. The molecule has 0 saturated heterocycles. The zero-order valence-electron chi connectivity index (χ0n) is 15.6. The lowest BCUT2D eigenvalue weighted by Crippen LogP contribution is -2.30. The van der Waals surface area contributed by atoms with Gasteiger partial charge in [-0.25, -0.2) is 18.7 Å². The summed E-state index contributed by atoms with van der Waals surface area (Å²) in [6.07, 6.45) is -1.91. The second kappa shape index (κ2) is 8.68. The number of hydrogen-bond acceptors (Lipinski definition) is 12. The van der Waals surface area contributed by atoms with Gasteiger partial charge in [-0.05, 0) is 6.42 Å². The number of phosphoric acid groups is 3. The molecule has 3 rings (SSSR count). The number of aliphatic hydroxyl groups is 2. The number of rotatable bonds is 8. The second-order valence-electron chi connectivity index (χ2n) is 6.71. The zero-order valence-corrected chi connectivity index (χ0v) is 18.3. The molecule has 1 aliphatic rings. The van der Waals surface area contributed by atoms with Crippen LogP contribution in [0.4, 0.5) is 5.95 Å². The molecule has 0 amide bonds. The highest BCUT2D eigenvalue weighted by Crippen LogP contribution is 2.66. The Kier molecular flexibility index (Phi) is 6.81. The number of imidazole rings is 1. The molecule has 2 heterocycles. The van der Waals surface area contributed by atoms with E-state index >= 15 is 0 Å². The SMILES string of the molecule is Nc1nc2c(ncn2[C@H]2C[C@@H](COP(=O)(O)OP(=O)(O)OP(=O)(O)O)[C@H](O)[C@@H]2O)c(=O)[nH]1. The molecule has 1 saturated carbocycles. The van der Waals surface area contributed by atoms with E-state index in [0.717, 1.165) is 0 Å². The molecule has 0 bridgehead atoms. The van der Waals surface area contributed by atoms with Crippen molar-refractivity contribution in [3.8, 4) is 0 Å². The molecule has 2 aromatic heterocycles. The van der Waals surface area contributed by atoms with E-state index in [1.807, 2.05) is 0 Å². The van der Waals surface area contributed by atoms with Crippen LogP contribution in [-0.2, 0) is 26.8 Å². The van der Waals surface area contributed by atoms with Gasteiger partial charge in [0.2, 0.25) is 5.95 Å². The minimum atomic E-state index is -5.69. The lowest BCUT2D eigenvalue weighted by molar-refractivity contribution is -0.00372. The zero-order chi connectivity index (χ0) is 24.1. The van der Waals surface area contributed by atoms with Crippen molar-refractivity contribution in [2.24, 2.45) is 5.92 Å². The fourth-order valence-electron chi connectivity index (χ4n) is 3.22. The van der Waals surface area contributed by atoms with Crippen LogP contribution in [0, 0.1) is 5.92 Å². The largest absolute Gasteiger partial charge is 0.490 e. The Balaban J connectivity index is 1.72. The summed E-state index contributed by atoms with van der Waals surface area (Å²) >= 11 is 0. The molecule has 18 nitrogen and oxygen atoms in total. The first-order valence-electron chi connectivity index (χ1n) is 8.45. The van der Waals surface area contributed by atoms with Gasteiger partial charge in [0, 0.05) is 5.92 Å². The Morgan fingerprint density at radius 2 is 1.78 bits per heavy atom.